The maximum atomic E-state index is 12.3. The van der Waals surface area contributed by atoms with Crippen molar-refractivity contribution in [2.24, 2.45) is 5.92 Å². The molecular formula is C29H29N3O2. The molecule has 4 aromatic rings. The van der Waals surface area contributed by atoms with Crippen molar-refractivity contribution in [3.63, 3.8) is 0 Å². The summed E-state index contributed by atoms with van der Waals surface area (Å²) in [6.45, 7) is 1.93. The van der Waals surface area contributed by atoms with Crippen LogP contribution < -0.4 is 15.0 Å². The Bertz CT molecular complexity index is 1240. The van der Waals surface area contributed by atoms with Gasteiger partial charge >= 0.3 is 0 Å². The number of piperidine rings is 1. The van der Waals surface area contributed by atoms with E-state index in [1.807, 2.05) is 48.5 Å². The van der Waals surface area contributed by atoms with Gasteiger partial charge in [-0.15, -0.1) is 0 Å². The maximum absolute atomic E-state index is 12.3. The Morgan fingerprint density at radius 3 is 2.38 bits per heavy atom. The number of fused-ring (bicyclic) bond motifs is 1. The molecule has 0 radical (unpaired) electrons. The standard InChI is InChI=1S/C29H29N3O2/c33-28(30-25-11-5-2-6-12-25)21-34-26-13-7-10-24-14-15-27(31-29(24)26)32-18-16-23(17-19-32)20-22-8-3-1-4-9-22/h1-15,23H,16-21H2,(H,30,33). The second-order valence-corrected chi connectivity index (χ2v) is 8.82. The summed E-state index contributed by atoms with van der Waals surface area (Å²) in [5.74, 6) is 2.11. The van der Waals surface area contributed by atoms with Gasteiger partial charge in [-0.3, -0.25) is 4.79 Å². The summed E-state index contributed by atoms with van der Waals surface area (Å²) in [4.78, 5) is 19.6. The number of para-hydroxylation sites is 2. The summed E-state index contributed by atoms with van der Waals surface area (Å²) in [5.41, 5.74) is 2.96. The number of carbonyl (C=O) groups excluding carboxylic acids is 1. The van der Waals surface area contributed by atoms with Gasteiger partial charge in [0.2, 0.25) is 0 Å². The van der Waals surface area contributed by atoms with Gasteiger partial charge in [-0.05, 0) is 61.1 Å². The van der Waals surface area contributed by atoms with E-state index in [-0.39, 0.29) is 12.5 Å². The normalized spacial score (nSPS) is 14.2. The zero-order valence-electron chi connectivity index (χ0n) is 19.2. The Hall–Kier alpha value is -3.86. The second kappa shape index (κ2) is 10.4. The molecule has 1 aliphatic rings. The molecule has 1 amide bonds. The van der Waals surface area contributed by atoms with Crippen LogP contribution in [0.5, 0.6) is 5.75 Å². The first-order valence-corrected chi connectivity index (χ1v) is 11.9. The molecule has 3 aromatic carbocycles. The molecule has 5 heteroatoms. The minimum atomic E-state index is -0.195. The Morgan fingerprint density at radius 2 is 1.62 bits per heavy atom. The van der Waals surface area contributed by atoms with Gasteiger partial charge in [0.25, 0.3) is 5.91 Å². The number of benzene rings is 3. The van der Waals surface area contributed by atoms with Crippen molar-refractivity contribution in [2.45, 2.75) is 19.3 Å². The van der Waals surface area contributed by atoms with Gasteiger partial charge in [-0.2, -0.15) is 0 Å². The lowest BCUT2D eigenvalue weighted by Gasteiger charge is -2.33. The Labute approximate surface area is 200 Å². The molecule has 172 valence electrons. The van der Waals surface area contributed by atoms with Crippen molar-refractivity contribution in [1.82, 2.24) is 4.98 Å². The molecule has 0 aliphatic carbocycles. The van der Waals surface area contributed by atoms with Crippen LogP contribution in [0.2, 0.25) is 0 Å². The number of carbonyl (C=O) groups is 1. The highest BCUT2D eigenvalue weighted by Crippen LogP contribution is 2.29. The molecule has 1 aliphatic heterocycles. The lowest BCUT2D eigenvalue weighted by Crippen LogP contribution is -2.34. The lowest BCUT2D eigenvalue weighted by atomic mass is 9.90. The molecule has 1 aromatic heterocycles. The molecule has 1 N–H and O–H groups in total. The van der Waals surface area contributed by atoms with Gasteiger partial charge in [0.1, 0.15) is 17.1 Å². The summed E-state index contributed by atoms with van der Waals surface area (Å²) >= 11 is 0. The van der Waals surface area contributed by atoms with Crippen molar-refractivity contribution in [2.75, 3.05) is 29.9 Å². The Morgan fingerprint density at radius 1 is 0.882 bits per heavy atom. The van der Waals surface area contributed by atoms with E-state index >= 15 is 0 Å². The van der Waals surface area contributed by atoms with Crippen LogP contribution in [0.3, 0.4) is 0 Å². The minimum absolute atomic E-state index is 0.0647. The number of nitrogens with zero attached hydrogens (tertiary/aromatic N) is 2. The van der Waals surface area contributed by atoms with Gasteiger partial charge < -0.3 is 15.0 Å². The average Bonchev–Trinajstić information content (AvgIpc) is 2.89. The molecule has 2 heterocycles. The topological polar surface area (TPSA) is 54.5 Å². The third-order valence-corrected chi connectivity index (χ3v) is 6.39. The van der Waals surface area contributed by atoms with E-state index in [4.69, 9.17) is 9.72 Å². The largest absolute Gasteiger partial charge is 0.481 e. The van der Waals surface area contributed by atoms with Crippen molar-refractivity contribution in [1.29, 1.82) is 0 Å². The molecule has 1 saturated heterocycles. The highest BCUT2D eigenvalue weighted by molar-refractivity contribution is 5.92. The fourth-order valence-electron chi connectivity index (χ4n) is 4.58. The van der Waals surface area contributed by atoms with Crippen LogP contribution in [0.4, 0.5) is 11.5 Å². The van der Waals surface area contributed by atoms with Gasteiger partial charge in [0, 0.05) is 24.2 Å². The third kappa shape index (κ3) is 5.37. The predicted octanol–water partition coefficient (Wildman–Crippen LogP) is 5.71. The van der Waals surface area contributed by atoms with Crippen molar-refractivity contribution in [3.05, 3.63) is 96.6 Å². The maximum Gasteiger partial charge on any atom is 0.262 e. The molecule has 1 fully saturated rings. The number of hydrogen-bond acceptors (Lipinski definition) is 4. The fourth-order valence-corrected chi connectivity index (χ4v) is 4.58. The molecule has 5 rings (SSSR count). The summed E-state index contributed by atoms with van der Waals surface area (Å²) in [6.07, 6.45) is 3.46. The first-order chi connectivity index (χ1) is 16.7. The average molecular weight is 452 g/mol. The summed E-state index contributed by atoms with van der Waals surface area (Å²) in [7, 11) is 0. The Kier molecular flexibility index (Phi) is 6.71. The predicted molar refractivity (Wildman–Crippen MR) is 137 cm³/mol. The minimum Gasteiger partial charge on any atom is -0.481 e. The van der Waals surface area contributed by atoms with Crippen LogP contribution in [0.1, 0.15) is 18.4 Å². The molecule has 34 heavy (non-hydrogen) atoms. The summed E-state index contributed by atoms with van der Waals surface area (Å²) in [6, 6.07) is 30.2. The zero-order chi connectivity index (χ0) is 23.2. The lowest BCUT2D eigenvalue weighted by molar-refractivity contribution is -0.118. The SMILES string of the molecule is O=C(COc1cccc2ccc(N3CCC(Cc4ccccc4)CC3)nc12)Nc1ccccc1. The number of anilines is 2. The highest BCUT2D eigenvalue weighted by Gasteiger charge is 2.21. The van der Waals surface area contributed by atoms with E-state index in [0.29, 0.717) is 11.7 Å². The molecule has 0 bridgehead atoms. The number of amides is 1. The number of rotatable bonds is 7. The van der Waals surface area contributed by atoms with E-state index in [0.717, 1.165) is 54.8 Å². The van der Waals surface area contributed by atoms with Crippen molar-refractivity contribution < 1.29 is 9.53 Å². The van der Waals surface area contributed by atoms with Gasteiger partial charge in [0.15, 0.2) is 6.61 Å². The van der Waals surface area contributed by atoms with Crippen LogP contribution >= 0.6 is 0 Å². The number of pyridine rings is 1. The van der Waals surface area contributed by atoms with Crippen LogP contribution in [-0.2, 0) is 11.2 Å². The van der Waals surface area contributed by atoms with E-state index < -0.39 is 0 Å². The molecule has 0 unspecified atom stereocenters. The van der Waals surface area contributed by atoms with E-state index in [9.17, 15) is 4.79 Å². The molecule has 0 spiro atoms. The molecule has 5 nitrogen and oxygen atoms in total. The van der Waals surface area contributed by atoms with E-state index in [2.05, 4.69) is 52.7 Å². The summed E-state index contributed by atoms with van der Waals surface area (Å²) in [5, 5.41) is 3.86. The van der Waals surface area contributed by atoms with Gasteiger partial charge in [-0.1, -0.05) is 60.7 Å². The van der Waals surface area contributed by atoms with E-state index in [1.54, 1.807) is 0 Å². The first-order valence-electron chi connectivity index (χ1n) is 11.9. The quantitative estimate of drug-likeness (QED) is 0.391. The monoisotopic (exact) mass is 451 g/mol. The van der Waals surface area contributed by atoms with Crippen LogP contribution in [0.25, 0.3) is 10.9 Å². The van der Waals surface area contributed by atoms with Crippen molar-refractivity contribution in [3.8, 4) is 5.75 Å². The van der Waals surface area contributed by atoms with Crippen molar-refractivity contribution >= 4 is 28.3 Å². The van der Waals surface area contributed by atoms with Gasteiger partial charge in [0.05, 0.1) is 0 Å². The van der Waals surface area contributed by atoms with Crippen LogP contribution in [-0.4, -0.2) is 30.6 Å². The van der Waals surface area contributed by atoms with Gasteiger partial charge in [-0.25, -0.2) is 4.98 Å². The first kappa shape index (κ1) is 22.0. The number of hydrogen-bond donors (Lipinski definition) is 1. The number of nitrogens with one attached hydrogen (secondary N) is 1. The second-order valence-electron chi connectivity index (χ2n) is 8.82. The van der Waals surface area contributed by atoms with Crippen LogP contribution in [0, 0.1) is 5.92 Å². The number of aromatic nitrogens is 1. The molecule has 0 saturated carbocycles. The summed E-state index contributed by atoms with van der Waals surface area (Å²) < 4.78 is 5.89. The third-order valence-electron chi connectivity index (χ3n) is 6.39. The zero-order valence-corrected chi connectivity index (χ0v) is 19.2. The van der Waals surface area contributed by atoms with E-state index in [1.165, 1.54) is 5.56 Å². The fraction of sp³-hybridized carbons (Fsp3) is 0.241. The Balaban J connectivity index is 1.23. The molecule has 0 atom stereocenters. The smallest absolute Gasteiger partial charge is 0.262 e. The highest BCUT2D eigenvalue weighted by atomic mass is 16.5. The number of ether oxygens (including phenoxy) is 1. The van der Waals surface area contributed by atoms with Crippen LogP contribution in [0.15, 0.2) is 91.0 Å². The molecular weight excluding hydrogens is 422 g/mol.